The maximum atomic E-state index is 13.8. The average molecular weight is 606 g/mol. The number of amides is 2. The SMILES string of the molecule is O=C1c2ccccc2C(=O)N1[C@H]1[C@H](OCCCCCCCl)O[C@@H]2CO[C@@H](c3ccccc3)O[C@H]2[C@@H]1OCc1ccccc1. The van der Waals surface area contributed by atoms with E-state index in [4.69, 9.17) is 35.3 Å². The lowest BCUT2D eigenvalue weighted by Gasteiger charge is -2.50. The Morgan fingerprint density at radius 2 is 1.42 bits per heavy atom. The first-order valence-electron chi connectivity index (χ1n) is 14.9. The first kappa shape index (κ1) is 29.9. The van der Waals surface area contributed by atoms with Crippen LogP contribution in [0.15, 0.2) is 84.9 Å². The fraction of sp³-hybridized carbons (Fsp3) is 0.412. The molecular formula is C34H36ClNO7. The van der Waals surface area contributed by atoms with Crippen LogP contribution in [0.5, 0.6) is 0 Å². The molecule has 3 aliphatic heterocycles. The molecule has 0 aromatic heterocycles. The van der Waals surface area contributed by atoms with Crippen LogP contribution in [0.25, 0.3) is 0 Å². The summed E-state index contributed by atoms with van der Waals surface area (Å²) in [6.07, 6.45) is 0.159. The monoisotopic (exact) mass is 605 g/mol. The van der Waals surface area contributed by atoms with E-state index in [0.717, 1.165) is 36.8 Å². The van der Waals surface area contributed by atoms with Crippen molar-refractivity contribution in [2.45, 2.75) is 69.2 Å². The summed E-state index contributed by atoms with van der Waals surface area (Å²) in [5.41, 5.74) is 2.52. The molecule has 2 amide bonds. The summed E-state index contributed by atoms with van der Waals surface area (Å²) < 4.78 is 32.1. The number of carbonyl (C=O) groups excluding carboxylic acids is 2. The van der Waals surface area contributed by atoms with E-state index < -0.39 is 48.7 Å². The number of fused-ring (bicyclic) bond motifs is 2. The molecule has 0 spiro atoms. The summed E-state index contributed by atoms with van der Waals surface area (Å²) in [4.78, 5) is 28.9. The Morgan fingerprint density at radius 1 is 0.767 bits per heavy atom. The molecule has 0 N–H and O–H groups in total. The van der Waals surface area contributed by atoms with Gasteiger partial charge in [0.25, 0.3) is 11.8 Å². The Labute approximate surface area is 256 Å². The van der Waals surface area contributed by atoms with Crippen LogP contribution in [0.1, 0.15) is 63.8 Å². The van der Waals surface area contributed by atoms with Gasteiger partial charge in [-0.15, -0.1) is 11.6 Å². The zero-order valence-corrected chi connectivity index (χ0v) is 24.6. The molecule has 3 heterocycles. The molecule has 0 radical (unpaired) electrons. The molecule has 3 aromatic carbocycles. The van der Waals surface area contributed by atoms with Crippen molar-refractivity contribution < 1.29 is 33.3 Å². The lowest BCUT2D eigenvalue weighted by atomic mass is 9.94. The highest BCUT2D eigenvalue weighted by atomic mass is 35.5. The molecule has 6 atom stereocenters. The van der Waals surface area contributed by atoms with E-state index in [9.17, 15) is 9.59 Å². The number of nitrogens with zero attached hydrogens (tertiary/aromatic N) is 1. The second kappa shape index (κ2) is 14.1. The van der Waals surface area contributed by atoms with E-state index in [1.807, 2.05) is 60.7 Å². The quantitative estimate of drug-likeness (QED) is 0.145. The third-order valence-corrected chi connectivity index (χ3v) is 8.37. The van der Waals surface area contributed by atoms with Crippen molar-refractivity contribution >= 4 is 23.4 Å². The predicted molar refractivity (Wildman–Crippen MR) is 160 cm³/mol. The smallest absolute Gasteiger partial charge is 0.262 e. The van der Waals surface area contributed by atoms with E-state index in [-0.39, 0.29) is 13.2 Å². The molecule has 3 aliphatic rings. The minimum Gasteiger partial charge on any atom is -0.368 e. The van der Waals surface area contributed by atoms with Gasteiger partial charge in [-0.2, -0.15) is 0 Å². The van der Waals surface area contributed by atoms with E-state index in [1.165, 1.54) is 4.90 Å². The summed E-state index contributed by atoms with van der Waals surface area (Å²) in [6.45, 7) is 0.878. The molecule has 0 unspecified atom stereocenters. The van der Waals surface area contributed by atoms with Crippen LogP contribution in [0.2, 0.25) is 0 Å². The number of imide groups is 1. The van der Waals surface area contributed by atoms with Crippen LogP contribution in [0.4, 0.5) is 0 Å². The molecule has 43 heavy (non-hydrogen) atoms. The molecule has 3 aromatic rings. The Bertz CT molecular complexity index is 1340. The summed E-state index contributed by atoms with van der Waals surface area (Å²) >= 11 is 5.84. The van der Waals surface area contributed by atoms with Gasteiger partial charge in [0.1, 0.15) is 24.4 Å². The van der Waals surface area contributed by atoms with Gasteiger partial charge in [0.05, 0.1) is 24.3 Å². The number of carbonyl (C=O) groups is 2. The molecule has 0 aliphatic carbocycles. The van der Waals surface area contributed by atoms with Gasteiger partial charge in [0.2, 0.25) is 0 Å². The second-order valence-electron chi connectivity index (χ2n) is 11.0. The number of benzene rings is 3. The summed E-state index contributed by atoms with van der Waals surface area (Å²) in [5.74, 6) is -0.172. The van der Waals surface area contributed by atoms with Crippen molar-refractivity contribution in [3.8, 4) is 0 Å². The summed E-state index contributed by atoms with van der Waals surface area (Å²) in [7, 11) is 0. The Morgan fingerprint density at radius 3 is 2.12 bits per heavy atom. The zero-order chi connectivity index (χ0) is 29.6. The van der Waals surface area contributed by atoms with Gasteiger partial charge in [0.15, 0.2) is 12.6 Å². The van der Waals surface area contributed by atoms with Crippen molar-refractivity contribution in [2.24, 2.45) is 0 Å². The number of unbranched alkanes of at least 4 members (excludes halogenated alkanes) is 3. The summed E-state index contributed by atoms with van der Waals surface area (Å²) in [5, 5.41) is 0. The molecule has 0 saturated carbocycles. The van der Waals surface area contributed by atoms with E-state index in [2.05, 4.69) is 0 Å². The average Bonchev–Trinajstić information content (AvgIpc) is 3.31. The van der Waals surface area contributed by atoms with Crippen LogP contribution in [-0.4, -0.2) is 66.5 Å². The minimum absolute atomic E-state index is 0.236. The van der Waals surface area contributed by atoms with Gasteiger partial charge in [-0.05, 0) is 30.5 Å². The number of halogens is 1. The van der Waals surface area contributed by atoms with Crippen LogP contribution >= 0.6 is 11.6 Å². The molecule has 2 fully saturated rings. The molecule has 0 bridgehead atoms. The van der Waals surface area contributed by atoms with Gasteiger partial charge in [-0.1, -0.05) is 85.6 Å². The predicted octanol–water partition coefficient (Wildman–Crippen LogP) is 5.89. The Balaban J connectivity index is 1.32. The molecule has 8 nitrogen and oxygen atoms in total. The highest BCUT2D eigenvalue weighted by Crippen LogP contribution is 2.40. The van der Waals surface area contributed by atoms with Crippen molar-refractivity contribution in [1.82, 2.24) is 4.90 Å². The van der Waals surface area contributed by atoms with E-state index in [1.54, 1.807) is 24.3 Å². The Kier molecular flexibility index (Phi) is 9.83. The van der Waals surface area contributed by atoms with Crippen LogP contribution in [-0.2, 0) is 30.3 Å². The van der Waals surface area contributed by atoms with Gasteiger partial charge in [-0.25, -0.2) is 0 Å². The number of alkyl halides is 1. The lowest BCUT2D eigenvalue weighted by Crippen LogP contribution is -2.68. The van der Waals surface area contributed by atoms with Crippen LogP contribution < -0.4 is 0 Å². The fourth-order valence-electron chi connectivity index (χ4n) is 5.93. The molecule has 2 saturated heterocycles. The van der Waals surface area contributed by atoms with Gasteiger partial charge < -0.3 is 23.7 Å². The largest absolute Gasteiger partial charge is 0.368 e. The van der Waals surface area contributed by atoms with Gasteiger partial charge in [0, 0.05) is 18.1 Å². The molecule has 226 valence electrons. The lowest BCUT2D eigenvalue weighted by molar-refractivity contribution is -0.354. The standard InChI is InChI=1S/C34H36ClNO7/c35-19-11-1-2-12-20-39-34-28(36-31(37)25-17-9-10-18-26(25)32(36)38)30(40-21-23-13-5-3-6-14-23)29-27(42-34)22-41-33(43-29)24-15-7-4-8-16-24/h3-10,13-18,27-30,33-34H,1-2,11-12,19-22H2/t27-,28-,29-,30-,33-,34-/m1/s1. The molecule has 6 rings (SSSR count). The molecular weight excluding hydrogens is 570 g/mol. The third kappa shape index (κ3) is 6.55. The number of hydrogen-bond donors (Lipinski definition) is 0. The Hall–Kier alpha value is -3.11. The summed E-state index contributed by atoms with van der Waals surface area (Å²) in [6, 6.07) is 25.4. The topological polar surface area (TPSA) is 83.5 Å². The number of ether oxygens (including phenoxy) is 5. The van der Waals surface area contributed by atoms with Crippen LogP contribution in [0.3, 0.4) is 0 Å². The normalized spacial score (nSPS) is 26.8. The second-order valence-corrected chi connectivity index (χ2v) is 11.3. The van der Waals surface area contributed by atoms with Crippen molar-refractivity contribution in [3.05, 3.63) is 107 Å². The first-order chi connectivity index (χ1) is 21.2. The van der Waals surface area contributed by atoms with E-state index >= 15 is 0 Å². The minimum atomic E-state index is -0.933. The number of rotatable bonds is 12. The maximum absolute atomic E-state index is 13.8. The van der Waals surface area contributed by atoms with Crippen molar-refractivity contribution in [2.75, 3.05) is 19.1 Å². The highest BCUT2D eigenvalue weighted by Gasteiger charge is 2.57. The fourth-order valence-corrected chi connectivity index (χ4v) is 6.12. The van der Waals surface area contributed by atoms with Gasteiger partial charge >= 0.3 is 0 Å². The van der Waals surface area contributed by atoms with Crippen LogP contribution in [0, 0.1) is 0 Å². The first-order valence-corrected chi connectivity index (χ1v) is 15.5. The van der Waals surface area contributed by atoms with Gasteiger partial charge in [-0.3, -0.25) is 14.5 Å². The van der Waals surface area contributed by atoms with Crippen molar-refractivity contribution in [3.63, 3.8) is 0 Å². The third-order valence-electron chi connectivity index (χ3n) is 8.10. The zero-order valence-electron chi connectivity index (χ0n) is 23.9. The van der Waals surface area contributed by atoms with Crippen molar-refractivity contribution in [1.29, 1.82) is 0 Å². The van der Waals surface area contributed by atoms with E-state index in [0.29, 0.717) is 23.6 Å². The highest BCUT2D eigenvalue weighted by molar-refractivity contribution is 6.21. The maximum Gasteiger partial charge on any atom is 0.262 e. The number of hydrogen-bond acceptors (Lipinski definition) is 7. The molecule has 9 heteroatoms.